The molecule has 0 aliphatic rings. The summed E-state index contributed by atoms with van der Waals surface area (Å²) in [7, 11) is 1.37. The molecule has 1 atom stereocenters. The number of thiazole rings is 1. The van der Waals surface area contributed by atoms with Gasteiger partial charge in [-0.3, -0.25) is 4.79 Å². The van der Waals surface area contributed by atoms with Gasteiger partial charge < -0.3 is 15.0 Å². The third-order valence-electron chi connectivity index (χ3n) is 4.20. The van der Waals surface area contributed by atoms with E-state index in [2.05, 4.69) is 15.3 Å². The Morgan fingerprint density at radius 2 is 2.14 bits per heavy atom. The Kier molecular flexibility index (Phi) is 5.60. The number of nitrogens with one attached hydrogen (secondary N) is 1. The number of amides is 1. The van der Waals surface area contributed by atoms with E-state index in [1.807, 2.05) is 16.8 Å². The minimum Gasteiger partial charge on any atom is -0.374 e. The molecule has 11 heteroatoms. The number of hydrogen-bond donors (Lipinski definition) is 2. The van der Waals surface area contributed by atoms with Gasteiger partial charge in [0.2, 0.25) is 5.60 Å². The molecule has 0 fully saturated rings. The van der Waals surface area contributed by atoms with Gasteiger partial charge in [0.05, 0.1) is 5.69 Å². The molecule has 0 aromatic carbocycles. The molecule has 3 aromatic rings. The molecule has 1 amide bonds. The Morgan fingerprint density at radius 3 is 2.71 bits per heavy atom. The monoisotopic (exact) mass is 430 g/mol. The van der Waals surface area contributed by atoms with Gasteiger partial charge in [-0.15, -0.1) is 11.3 Å². The summed E-state index contributed by atoms with van der Waals surface area (Å²) in [6.07, 6.45) is -3.21. The predicted molar refractivity (Wildman–Crippen MR) is 100 cm³/mol. The largest absolute Gasteiger partial charge is 0.424 e. The maximum atomic E-state index is 13.5. The third kappa shape index (κ3) is 3.82. The number of alkyl halides is 3. The number of aliphatic hydroxyl groups is 1. The van der Waals surface area contributed by atoms with Crippen LogP contribution in [0, 0.1) is 6.92 Å². The van der Waals surface area contributed by atoms with Crippen molar-refractivity contribution < 1.29 is 23.1 Å². The van der Waals surface area contributed by atoms with Gasteiger partial charge in [-0.2, -0.15) is 24.5 Å². The summed E-state index contributed by atoms with van der Waals surface area (Å²) in [5.41, 5.74) is -1.78. The van der Waals surface area contributed by atoms with Gasteiger partial charge in [-0.05, 0) is 18.4 Å². The van der Waals surface area contributed by atoms with Gasteiger partial charge in [0, 0.05) is 43.4 Å². The number of halogens is 3. The van der Waals surface area contributed by atoms with E-state index in [9.17, 15) is 23.1 Å². The molecule has 3 rings (SSSR count). The van der Waals surface area contributed by atoms with Crippen molar-refractivity contribution in [2.45, 2.75) is 25.1 Å². The number of carbonyl (C=O) groups is 1. The Bertz CT molecular complexity index is 966. The summed E-state index contributed by atoms with van der Waals surface area (Å²) in [6, 6.07) is 1.88. The molecule has 3 heterocycles. The van der Waals surface area contributed by atoms with E-state index < -0.39 is 29.9 Å². The Morgan fingerprint density at radius 1 is 1.39 bits per heavy atom. The van der Waals surface area contributed by atoms with Crippen molar-refractivity contribution in [2.75, 3.05) is 6.54 Å². The highest BCUT2D eigenvalue weighted by Crippen LogP contribution is 2.40. The van der Waals surface area contributed by atoms with Gasteiger partial charge in [0.25, 0.3) is 5.91 Å². The minimum atomic E-state index is -4.94. The van der Waals surface area contributed by atoms with Crippen LogP contribution in [0.2, 0.25) is 0 Å². The Labute approximate surface area is 166 Å². The molecular weight excluding hydrogens is 413 g/mol. The van der Waals surface area contributed by atoms with Crippen LogP contribution in [-0.4, -0.2) is 38.3 Å². The summed E-state index contributed by atoms with van der Waals surface area (Å²) in [5, 5.41) is 17.2. The molecule has 0 spiro atoms. The zero-order chi connectivity index (χ0) is 20.5. The maximum absolute atomic E-state index is 13.5. The minimum absolute atomic E-state index is 0.328. The first kappa shape index (κ1) is 20.5. The first-order chi connectivity index (χ1) is 13.1. The number of aryl methyl sites for hydroxylation is 2. The quantitative estimate of drug-likeness (QED) is 0.628. The van der Waals surface area contributed by atoms with Crippen molar-refractivity contribution in [3.8, 4) is 10.6 Å². The van der Waals surface area contributed by atoms with Crippen molar-refractivity contribution in [3.05, 3.63) is 45.6 Å². The molecule has 0 saturated heterocycles. The summed E-state index contributed by atoms with van der Waals surface area (Å²) in [5.74, 6) is -1.05. The van der Waals surface area contributed by atoms with E-state index in [1.54, 1.807) is 6.92 Å². The van der Waals surface area contributed by atoms with Crippen LogP contribution < -0.4 is 5.32 Å². The van der Waals surface area contributed by atoms with Crippen LogP contribution in [0.15, 0.2) is 29.2 Å². The predicted octanol–water partition coefficient (Wildman–Crippen LogP) is 3.48. The second-order valence-corrected chi connectivity index (χ2v) is 7.95. The first-order valence-electron chi connectivity index (χ1n) is 8.18. The van der Waals surface area contributed by atoms with Crippen molar-refractivity contribution in [3.63, 3.8) is 0 Å². The highest BCUT2D eigenvalue weighted by molar-refractivity contribution is 7.17. The van der Waals surface area contributed by atoms with Crippen molar-refractivity contribution in [2.24, 2.45) is 7.05 Å². The number of imidazole rings is 1. The molecule has 3 aromatic heterocycles. The van der Waals surface area contributed by atoms with E-state index in [-0.39, 0.29) is 6.54 Å². The lowest BCUT2D eigenvalue weighted by Crippen LogP contribution is -2.46. The zero-order valence-electron chi connectivity index (χ0n) is 14.9. The first-order valence-corrected chi connectivity index (χ1v) is 9.94. The van der Waals surface area contributed by atoms with Crippen LogP contribution in [0.1, 0.15) is 27.6 Å². The number of carbonyl (C=O) groups excluding carboxylic acids is 1. The van der Waals surface area contributed by atoms with Crippen LogP contribution in [0.25, 0.3) is 10.6 Å². The van der Waals surface area contributed by atoms with Crippen LogP contribution in [0.3, 0.4) is 0 Å². The average Bonchev–Trinajstić information content (AvgIpc) is 3.33. The van der Waals surface area contributed by atoms with Gasteiger partial charge in [0.1, 0.15) is 15.7 Å². The smallest absolute Gasteiger partial charge is 0.374 e. The van der Waals surface area contributed by atoms with Crippen molar-refractivity contribution in [1.29, 1.82) is 0 Å². The second kappa shape index (κ2) is 7.64. The molecule has 28 heavy (non-hydrogen) atoms. The number of nitrogens with zero attached hydrogens (tertiary/aromatic N) is 3. The zero-order valence-corrected chi connectivity index (χ0v) is 16.6. The average molecular weight is 430 g/mol. The standard InChI is InChI=1S/C17H17F3N4O2S2/c1-10-12(28-14(23-10)11-3-8-27-9-11)13(25)21-5-4-16(26,17(18,19)20)15-22-6-7-24(15)2/h3,6-9,26H,4-5H2,1-2H3,(H,21,25). The topological polar surface area (TPSA) is 80.0 Å². The van der Waals surface area contributed by atoms with Gasteiger partial charge in [-0.1, -0.05) is 0 Å². The van der Waals surface area contributed by atoms with Crippen LogP contribution in [0.5, 0.6) is 0 Å². The summed E-state index contributed by atoms with van der Waals surface area (Å²) in [6.45, 7) is 1.29. The summed E-state index contributed by atoms with van der Waals surface area (Å²) >= 11 is 2.67. The fourth-order valence-corrected chi connectivity index (χ4v) is 4.39. The van der Waals surface area contributed by atoms with Crippen molar-refractivity contribution in [1.82, 2.24) is 19.9 Å². The molecule has 0 saturated carbocycles. The van der Waals surface area contributed by atoms with E-state index >= 15 is 0 Å². The number of thiophene rings is 1. The Hall–Kier alpha value is -2.24. The molecule has 0 aliphatic heterocycles. The molecule has 6 nitrogen and oxygen atoms in total. The fraction of sp³-hybridized carbons (Fsp3) is 0.353. The molecular formula is C17H17F3N4O2S2. The highest BCUT2D eigenvalue weighted by Gasteiger charge is 2.57. The third-order valence-corrected chi connectivity index (χ3v) is 6.09. The van der Waals surface area contributed by atoms with Crippen LogP contribution >= 0.6 is 22.7 Å². The van der Waals surface area contributed by atoms with E-state index in [0.717, 1.165) is 10.1 Å². The number of aromatic nitrogens is 3. The van der Waals surface area contributed by atoms with Crippen LogP contribution in [0.4, 0.5) is 13.2 Å². The van der Waals surface area contributed by atoms with E-state index in [4.69, 9.17) is 0 Å². The van der Waals surface area contributed by atoms with Crippen molar-refractivity contribution >= 4 is 28.6 Å². The summed E-state index contributed by atoms with van der Waals surface area (Å²) in [4.78, 5) is 20.7. The maximum Gasteiger partial charge on any atom is 0.424 e. The lowest BCUT2D eigenvalue weighted by atomic mass is 9.97. The summed E-state index contributed by atoms with van der Waals surface area (Å²) < 4.78 is 41.6. The molecule has 150 valence electrons. The van der Waals surface area contributed by atoms with E-state index in [1.165, 1.54) is 42.1 Å². The lowest BCUT2D eigenvalue weighted by Gasteiger charge is -2.29. The fourth-order valence-electron chi connectivity index (χ4n) is 2.70. The second-order valence-electron chi connectivity index (χ2n) is 6.17. The lowest BCUT2D eigenvalue weighted by molar-refractivity contribution is -0.272. The molecule has 1 unspecified atom stereocenters. The van der Waals surface area contributed by atoms with Gasteiger partial charge >= 0.3 is 6.18 Å². The Balaban J connectivity index is 1.71. The molecule has 2 N–H and O–H groups in total. The molecule has 0 aliphatic carbocycles. The number of rotatable bonds is 6. The van der Waals surface area contributed by atoms with E-state index in [0.29, 0.717) is 15.6 Å². The van der Waals surface area contributed by atoms with Gasteiger partial charge in [0.15, 0.2) is 0 Å². The van der Waals surface area contributed by atoms with Crippen LogP contribution in [-0.2, 0) is 12.6 Å². The molecule has 0 bridgehead atoms. The normalized spacial score (nSPS) is 14.1. The highest BCUT2D eigenvalue weighted by atomic mass is 32.1. The van der Waals surface area contributed by atoms with Gasteiger partial charge in [-0.25, -0.2) is 9.97 Å². The number of hydrogen-bond acceptors (Lipinski definition) is 6. The molecule has 0 radical (unpaired) electrons. The SMILES string of the molecule is Cc1nc(-c2ccsc2)sc1C(=O)NCCC(O)(c1nccn1C)C(F)(F)F.